The molecule has 43 heavy (non-hydrogen) atoms. The molecule has 4 amide bonds. The predicted molar refractivity (Wildman–Crippen MR) is 164 cm³/mol. The lowest BCUT2D eigenvalue weighted by atomic mass is 9.88. The zero-order valence-corrected chi connectivity index (χ0v) is 23.8. The van der Waals surface area contributed by atoms with Crippen molar-refractivity contribution < 1.29 is 19.1 Å². The van der Waals surface area contributed by atoms with Crippen molar-refractivity contribution in [3.8, 4) is 5.75 Å². The number of benzene rings is 4. The van der Waals surface area contributed by atoms with E-state index in [1.807, 2.05) is 79.7 Å². The van der Waals surface area contributed by atoms with Gasteiger partial charge >= 0.3 is 6.03 Å². The molecular formula is C35H30N4O4. The van der Waals surface area contributed by atoms with Crippen molar-refractivity contribution in [1.82, 2.24) is 15.2 Å². The number of carbonyl (C=O) groups is 3. The van der Waals surface area contributed by atoms with Crippen molar-refractivity contribution in [1.29, 1.82) is 0 Å². The van der Waals surface area contributed by atoms with Crippen molar-refractivity contribution in [3.05, 3.63) is 131 Å². The van der Waals surface area contributed by atoms with Crippen molar-refractivity contribution in [2.24, 2.45) is 0 Å². The normalized spacial score (nSPS) is 17.6. The zero-order valence-electron chi connectivity index (χ0n) is 23.8. The lowest BCUT2D eigenvalue weighted by molar-refractivity contribution is -0.120. The first-order valence-corrected chi connectivity index (χ1v) is 14.3. The molecule has 0 spiro atoms. The molecule has 0 saturated carbocycles. The maximum Gasteiger partial charge on any atom is 0.332 e. The van der Waals surface area contributed by atoms with Gasteiger partial charge in [-0.15, -0.1) is 0 Å². The highest BCUT2D eigenvalue weighted by Gasteiger charge is 2.53. The van der Waals surface area contributed by atoms with Crippen molar-refractivity contribution in [2.45, 2.75) is 32.0 Å². The second-order valence-corrected chi connectivity index (χ2v) is 11.0. The van der Waals surface area contributed by atoms with Crippen molar-refractivity contribution in [2.75, 3.05) is 12.0 Å². The van der Waals surface area contributed by atoms with E-state index in [1.54, 1.807) is 36.3 Å². The highest BCUT2D eigenvalue weighted by atomic mass is 16.5. The Morgan fingerprint density at radius 1 is 0.930 bits per heavy atom. The first-order valence-electron chi connectivity index (χ1n) is 14.3. The number of hydrogen-bond donors (Lipinski definition) is 2. The lowest BCUT2D eigenvalue weighted by Crippen LogP contribution is -2.44. The summed E-state index contributed by atoms with van der Waals surface area (Å²) < 4.78 is 5.41. The van der Waals surface area contributed by atoms with Crippen LogP contribution < -0.4 is 15.0 Å². The SMILES string of the molecule is COc1ccccc1CNC(=O)c1ccccc1N1C(=O)[C@@H]2Cc3c([nH]c4ccccc34)[C@@H](c3ccc(C)cc3)N2C1=O. The highest BCUT2D eigenvalue weighted by Crippen LogP contribution is 2.45. The number of hydrogen-bond acceptors (Lipinski definition) is 4. The van der Waals surface area contributed by atoms with E-state index >= 15 is 0 Å². The lowest BCUT2D eigenvalue weighted by Gasteiger charge is -2.36. The zero-order chi connectivity index (χ0) is 29.7. The molecule has 1 fully saturated rings. The quantitative estimate of drug-likeness (QED) is 0.249. The Bertz CT molecular complexity index is 1890. The molecule has 8 nitrogen and oxygen atoms in total. The van der Waals surface area contributed by atoms with Gasteiger partial charge in [-0.05, 0) is 42.3 Å². The van der Waals surface area contributed by atoms with Gasteiger partial charge in [0.2, 0.25) is 0 Å². The number of fused-ring (bicyclic) bond motifs is 4. The fraction of sp³-hybridized carbons (Fsp3) is 0.171. The number of H-pyrrole nitrogens is 1. The Morgan fingerprint density at radius 2 is 1.65 bits per heavy atom. The molecule has 0 aliphatic carbocycles. The van der Waals surface area contributed by atoms with E-state index in [4.69, 9.17) is 4.74 Å². The van der Waals surface area contributed by atoms with Crippen LogP contribution in [0.15, 0.2) is 97.1 Å². The first kappa shape index (κ1) is 26.5. The van der Waals surface area contributed by atoms with Crippen LogP contribution in [0.2, 0.25) is 0 Å². The summed E-state index contributed by atoms with van der Waals surface area (Å²) >= 11 is 0. The minimum Gasteiger partial charge on any atom is -0.496 e. The number of urea groups is 1. The summed E-state index contributed by atoms with van der Waals surface area (Å²) in [4.78, 5) is 48.4. The number of rotatable bonds is 6. The minimum absolute atomic E-state index is 0.227. The van der Waals surface area contributed by atoms with E-state index in [9.17, 15) is 14.4 Å². The van der Waals surface area contributed by atoms with Crippen LogP contribution in [0.3, 0.4) is 0 Å². The Kier molecular flexibility index (Phi) is 6.46. The number of aryl methyl sites for hydroxylation is 1. The average molecular weight is 571 g/mol. The molecule has 1 saturated heterocycles. The molecule has 7 rings (SSSR count). The third kappa shape index (κ3) is 4.34. The summed E-state index contributed by atoms with van der Waals surface area (Å²) in [5, 5.41) is 3.97. The number of aromatic amines is 1. The van der Waals surface area contributed by atoms with Crippen LogP contribution in [-0.2, 0) is 17.8 Å². The van der Waals surface area contributed by atoms with Gasteiger partial charge in [-0.2, -0.15) is 0 Å². The third-order valence-electron chi connectivity index (χ3n) is 8.46. The van der Waals surface area contributed by atoms with Crippen LogP contribution in [0, 0.1) is 6.92 Å². The summed E-state index contributed by atoms with van der Waals surface area (Å²) in [6.45, 7) is 2.25. The van der Waals surface area contributed by atoms with E-state index in [0.717, 1.165) is 38.9 Å². The fourth-order valence-electron chi connectivity index (χ4n) is 6.37. The smallest absolute Gasteiger partial charge is 0.332 e. The monoisotopic (exact) mass is 570 g/mol. The summed E-state index contributed by atoms with van der Waals surface area (Å²) in [6.07, 6.45) is 0.380. The standard InChI is InChI=1S/C35H30N4O4/c1-21-15-17-22(18-16-21)32-31-26(24-10-4-6-12-27(24)37-31)19-29-34(41)39(35(42)38(29)32)28-13-7-5-11-25(28)33(40)36-20-23-9-3-8-14-30(23)43-2/h3-18,29,32,37H,19-20H2,1-2H3,(H,36,40)/t29-,32+/m0/s1. The topological polar surface area (TPSA) is 94.7 Å². The van der Waals surface area contributed by atoms with Crippen LogP contribution in [0.1, 0.15) is 44.3 Å². The van der Waals surface area contributed by atoms with Gasteiger partial charge in [0, 0.05) is 35.1 Å². The van der Waals surface area contributed by atoms with Crippen LogP contribution in [0.25, 0.3) is 10.9 Å². The molecule has 8 heteroatoms. The summed E-state index contributed by atoms with van der Waals surface area (Å²) in [6, 6.07) is 28.6. The molecule has 0 unspecified atom stereocenters. The van der Waals surface area contributed by atoms with Gasteiger partial charge < -0.3 is 15.0 Å². The summed E-state index contributed by atoms with van der Waals surface area (Å²) in [5.74, 6) is -0.0722. The predicted octanol–water partition coefficient (Wildman–Crippen LogP) is 5.90. The van der Waals surface area contributed by atoms with E-state index in [0.29, 0.717) is 12.2 Å². The van der Waals surface area contributed by atoms with Crippen LogP contribution in [-0.4, -0.2) is 40.9 Å². The third-order valence-corrected chi connectivity index (χ3v) is 8.46. The number of methoxy groups -OCH3 is 1. The Hall–Kier alpha value is -5.37. The van der Waals surface area contributed by atoms with Crippen molar-refractivity contribution in [3.63, 3.8) is 0 Å². The number of amides is 4. The van der Waals surface area contributed by atoms with Gasteiger partial charge in [0.25, 0.3) is 11.8 Å². The minimum atomic E-state index is -0.713. The van der Waals surface area contributed by atoms with Gasteiger partial charge in [-0.25, -0.2) is 9.69 Å². The van der Waals surface area contributed by atoms with Crippen LogP contribution >= 0.6 is 0 Å². The molecule has 4 aromatic carbocycles. The summed E-state index contributed by atoms with van der Waals surface area (Å²) in [7, 11) is 1.58. The number of anilines is 1. The number of nitrogens with zero attached hydrogens (tertiary/aromatic N) is 2. The Balaban J connectivity index is 1.27. The number of para-hydroxylation sites is 3. The second-order valence-electron chi connectivity index (χ2n) is 11.0. The van der Waals surface area contributed by atoms with Crippen LogP contribution in [0.5, 0.6) is 5.75 Å². The largest absolute Gasteiger partial charge is 0.496 e. The van der Waals surface area contributed by atoms with E-state index < -0.39 is 24.0 Å². The molecular weight excluding hydrogens is 540 g/mol. The molecule has 2 aliphatic heterocycles. The first-order chi connectivity index (χ1) is 21.0. The number of nitrogens with one attached hydrogen (secondary N) is 2. The average Bonchev–Trinajstić information content (AvgIpc) is 3.53. The number of ether oxygens (including phenoxy) is 1. The van der Waals surface area contributed by atoms with Gasteiger partial charge in [-0.1, -0.05) is 78.4 Å². The van der Waals surface area contributed by atoms with E-state index in [2.05, 4.69) is 10.3 Å². The van der Waals surface area contributed by atoms with Gasteiger partial charge in [0.15, 0.2) is 0 Å². The van der Waals surface area contributed by atoms with Crippen molar-refractivity contribution >= 4 is 34.4 Å². The number of aromatic nitrogens is 1. The second kappa shape index (κ2) is 10.5. The molecule has 2 N–H and O–H groups in total. The Labute approximate surface area is 248 Å². The van der Waals surface area contributed by atoms with Gasteiger partial charge in [-0.3, -0.25) is 14.5 Å². The fourth-order valence-corrected chi connectivity index (χ4v) is 6.37. The molecule has 0 bridgehead atoms. The molecule has 2 atom stereocenters. The van der Waals surface area contributed by atoms with Gasteiger partial charge in [0.1, 0.15) is 17.8 Å². The molecule has 2 aliphatic rings. The Morgan fingerprint density at radius 3 is 2.47 bits per heavy atom. The summed E-state index contributed by atoms with van der Waals surface area (Å²) in [5.41, 5.74) is 6.26. The maximum absolute atomic E-state index is 14.3. The van der Waals surface area contributed by atoms with Crippen LogP contribution in [0.4, 0.5) is 10.5 Å². The number of imide groups is 1. The highest BCUT2D eigenvalue weighted by molar-refractivity contribution is 6.24. The molecule has 3 heterocycles. The molecule has 5 aromatic rings. The molecule has 214 valence electrons. The van der Waals surface area contributed by atoms with E-state index in [1.165, 1.54) is 4.90 Å². The number of carbonyl (C=O) groups excluding carboxylic acids is 3. The molecule has 0 radical (unpaired) electrons. The van der Waals surface area contributed by atoms with Gasteiger partial charge in [0.05, 0.1) is 18.4 Å². The molecule has 1 aromatic heterocycles. The maximum atomic E-state index is 14.3. The van der Waals surface area contributed by atoms with E-state index in [-0.39, 0.29) is 23.7 Å².